The van der Waals surface area contributed by atoms with Crippen molar-refractivity contribution in [3.63, 3.8) is 0 Å². The fraction of sp³-hybridized carbons (Fsp3) is 0.778. The standard InChI is InChI=1S/C9H16N4S/c1-7-9(14-12-11-7)5-10-8-3-4-13(2)6-8/h8,10H,3-6H2,1-2H3. The largest absolute Gasteiger partial charge is 0.308 e. The van der Waals surface area contributed by atoms with Crippen LogP contribution in [0.15, 0.2) is 0 Å². The summed E-state index contributed by atoms with van der Waals surface area (Å²) in [5.41, 5.74) is 1.06. The summed E-state index contributed by atoms with van der Waals surface area (Å²) in [7, 11) is 2.17. The zero-order valence-corrected chi connectivity index (χ0v) is 9.47. The molecule has 1 aromatic heterocycles. The number of rotatable bonds is 3. The van der Waals surface area contributed by atoms with Crippen molar-refractivity contribution < 1.29 is 0 Å². The van der Waals surface area contributed by atoms with E-state index in [0.29, 0.717) is 6.04 Å². The third-order valence-corrected chi connectivity index (χ3v) is 3.51. The highest BCUT2D eigenvalue weighted by atomic mass is 32.1. The molecule has 0 bridgehead atoms. The Morgan fingerprint density at radius 2 is 2.50 bits per heavy atom. The molecular weight excluding hydrogens is 196 g/mol. The van der Waals surface area contributed by atoms with E-state index in [1.54, 1.807) is 0 Å². The van der Waals surface area contributed by atoms with E-state index in [9.17, 15) is 0 Å². The number of hydrogen-bond donors (Lipinski definition) is 1. The lowest BCUT2D eigenvalue weighted by Crippen LogP contribution is -2.30. The smallest absolute Gasteiger partial charge is 0.0769 e. The summed E-state index contributed by atoms with van der Waals surface area (Å²) in [6, 6.07) is 0.640. The molecule has 1 unspecified atom stereocenters. The van der Waals surface area contributed by atoms with Crippen molar-refractivity contribution in [1.82, 2.24) is 19.8 Å². The van der Waals surface area contributed by atoms with Gasteiger partial charge in [-0.25, -0.2) is 0 Å². The lowest BCUT2D eigenvalue weighted by Gasteiger charge is -2.11. The van der Waals surface area contributed by atoms with Crippen LogP contribution in [0, 0.1) is 6.92 Å². The lowest BCUT2D eigenvalue weighted by atomic mass is 10.2. The van der Waals surface area contributed by atoms with Crippen LogP contribution < -0.4 is 5.32 Å². The third kappa shape index (κ3) is 2.29. The minimum absolute atomic E-state index is 0.640. The molecule has 0 amide bonds. The second kappa shape index (κ2) is 4.33. The molecule has 2 heterocycles. The molecule has 0 radical (unpaired) electrons. The van der Waals surface area contributed by atoms with Crippen LogP contribution in [0.4, 0.5) is 0 Å². The van der Waals surface area contributed by atoms with Gasteiger partial charge in [-0.15, -0.1) is 5.10 Å². The molecule has 1 aromatic rings. The average molecular weight is 212 g/mol. The van der Waals surface area contributed by atoms with Gasteiger partial charge < -0.3 is 10.2 Å². The van der Waals surface area contributed by atoms with E-state index in [1.807, 2.05) is 6.92 Å². The Labute approximate surface area is 88.5 Å². The van der Waals surface area contributed by atoms with E-state index in [2.05, 4.69) is 26.9 Å². The van der Waals surface area contributed by atoms with Gasteiger partial charge in [-0.3, -0.25) is 0 Å². The molecule has 5 heteroatoms. The summed E-state index contributed by atoms with van der Waals surface area (Å²) in [5.74, 6) is 0. The molecule has 0 saturated carbocycles. The molecule has 1 aliphatic heterocycles. The van der Waals surface area contributed by atoms with Crippen LogP contribution in [-0.4, -0.2) is 40.7 Å². The summed E-state index contributed by atoms with van der Waals surface area (Å²) >= 11 is 1.50. The molecule has 1 aliphatic rings. The predicted molar refractivity (Wildman–Crippen MR) is 57.4 cm³/mol. The Kier molecular flexibility index (Phi) is 3.10. The van der Waals surface area contributed by atoms with E-state index < -0.39 is 0 Å². The monoisotopic (exact) mass is 212 g/mol. The topological polar surface area (TPSA) is 41.1 Å². The molecule has 0 aliphatic carbocycles. The Hall–Kier alpha value is -0.520. The van der Waals surface area contributed by atoms with Gasteiger partial charge in [0.1, 0.15) is 0 Å². The number of nitrogens with zero attached hydrogens (tertiary/aromatic N) is 3. The maximum absolute atomic E-state index is 3.99. The number of aromatic nitrogens is 2. The maximum atomic E-state index is 3.99. The zero-order chi connectivity index (χ0) is 9.97. The highest BCUT2D eigenvalue weighted by molar-refractivity contribution is 7.05. The van der Waals surface area contributed by atoms with Crippen LogP contribution in [0.3, 0.4) is 0 Å². The van der Waals surface area contributed by atoms with Crippen molar-refractivity contribution >= 4 is 11.5 Å². The van der Waals surface area contributed by atoms with Crippen molar-refractivity contribution in [2.45, 2.75) is 25.9 Å². The zero-order valence-electron chi connectivity index (χ0n) is 8.66. The van der Waals surface area contributed by atoms with Crippen LogP contribution in [0.1, 0.15) is 17.0 Å². The second-order valence-electron chi connectivity index (χ2n) is 3.91. The molecule has 14 heavy (non-hydrogen) atoms. The van der Waals surface area contributed by atoms with Gasteiger partial charge in [0, 0.05) is 19.1 Å². The van der Waals surface area contributed by atoms with Gasteiger partial charge in [0.2, 0.25) is 0 Å². The van der Waals surface area contributed by atoms with Crippen molar-refractivity contribution in [3.8, 4) is 0 Å². The molecule has 1 N–H and O–H groups in total. The van der Waals surface area contributed by atoms with Gasteiger partial charge in [-0.05, 0) is 38.5 Å². The molecular formula is C9H16N4S. The number of hydrogen-bond acceptors (Lipinski definition) is 5. The summed E-state index contributed by atoms with van der Waals surface area (Å²) in [6.45, 7) is 5.30. The quantitative estimate of drug-likeness (QED) is 0.798. The van der Waals surface area contributed by atoms with Crippen LogP contribution in [0.5, 0.6) is 0 Å². The van der Waals surface area contributed by atoms with Crippen molar-refractivity contribution in [2.75, 3.05) is 20.1 Å². The van der Waals surface area contributed by atoms with Crippen molar-refractivity contribution in [2.24, 2.45) is 0 Å². The van der Waals surface area contributed by atoms with E-state index in [4.69, 9.17) is 0 Å². The minimum Gasteiger partial charge on any atom is -0.308 e. The van der Waals surface area contributed by atoms with Gasteiger partial charge in [-0.1, -0.05) is 4.49 Å². The van der Waals surface area contributed by atoms with E-state index >= 15 is 0 Å². The van der Waals surface area contributed by atoms with Gasteiger partial charge in [0.05, 0.1) is 10.6 Å². The van der Waals surface area contributed by atoms with Crippen molar-refractivity contribution in [1.29, 1.82) is 0 Å². The van der Waals surface area contributed by atoms with Crippen LogP contribution in [0.25, 0.3) is 0 Å². The number of aryl methyl sites for hydroxylation is 1. The first-order valence-electron chi connectivity index (χ1n) is 4.95. The Morgan fingerprint density at radius 3 is 3.07 bits per heavy atom. The normalized spacial score (nSPS) is 23.1. The first-order chi connectivity index (χ1) is 6.75. The first-order valence-corrected chi connectivity index (χ1v) is 5.73. The average Bonchev–Trinajstić information content (AvgIpc) is 2.72. The summed E-state index contributed by atoms with van der Waals surface area (Å²) in [6.07, 6.45) is 1.25. The molecule has 1 saturated heterocycles. The molecule has 2 rings (SSSR count). The molecule has 4 nitrogen and oxygen atoms in total. The Morgan fingerprint density at radius 1 is 1.64 bits per heavy atom. The summed E-state index contributed by atoms with van der Waals surface area (Å²) in [5, 5.41) is 7.54. The minimum atomic E-state index is 0.640. The molecule has 78 valence electrons. The van der Waals surface area contributed by atoms with Gasteiger partial charge in [-0.2, -0.15) is 0 Å². The Balaban J connectivity index is 1.80. The number of nitrogens with one attached hydrogen (secondary N) is 1. The van der Waals surface area contributed by atoms with Gasteiger partial charge in [0.15, 0.2) is 0 Å². The van der Waals surface area contributed by atoms with E-state index in [-0.39, 0.29) is 0 Å². The first kappa shape index (κ1) is 10.0. The Bertz CT molecular complexity index is 299. The van der Waals surface area contributed by atoms with Gasteiger partial charge >= 0.3 is 0 Å². The van der Waals surface area contributed by atoms with Crippen LogP contribution >= 0.6 is 11.5 Å². The fourth-order valence-corrected chi connectivity index (χ4v) is 2.33. The molecule has 0 spiro atoms. The fourth-order valence-electron chi connectivity index (χ4n) is 1.75. The molecule has 1 atom stereocenters. The van der Waals surface area contributed by atoms with Gasteiger partial charge in [0.25, 0.3) is 0 Å². The lowest BCUT2D eigenvalue weighted by molar-refractivity contribution is 0.398. The van der Waals surface area contributed by atoms with E-state index in [0.717, 1.165) is 18.8 Å². The molecule has 0 aromatic carbocycles. The summed E-state index contributed by atoms with van der Waals surface area (Å²) < 4.78 is 3.92. The molecule has 1 fully saturated rings. The number of likely N-dealkylation sites (tertiary alicyclic amines) is 1. The van der Waals surface area contributed by atoms with E-state index in [1.165, 1.54) is 29.4 Å². The van der Waals surface area contributed by atoms with Crippen LogP contribution in [-0.2, 0) is 6.54 Å². The maximum Gasteiger partial charge on any atom is 0.0769 e. The number of likely N-dealkylation sites (N-methyl/N-ethyl adjacent to an activating group) is 1. The predicted octanol–water partition coefficient (Wildman–Crippen LogP) is 0.640. The highest BCUT2D eigenvalue weighted by Crippen LogP contribution is 2.11. The SMILES string of the molecule is Cc1nnsc1CNC1CCN(C)C1. The second-order valence-corrected chi connectivity index (χ2v) is 4.75. The highest BCUT2D eigenvalue weighted by Gasteiger charge is 2.18. The third-order valence-electron chi connectivity index (χ3n) is 2.69. The van der Waals surface area contributed by atoms with Crippen LogP contribution in [0.2, 0.25) is 0 Å². The summed E-state index contributed by atoms with van der Waals surface area (Å²) in [4.78, 5) is 3.62. The van der Waals surface area contributed by atoms with Crippen molar-refractivity contribution in [3.05, 3.63) is 10.6 Å².